The van der Waals surface area contributed by atoms with E-state index < -0.39 is 6.04 Å². The van der Waals surface area contributed by atoms with Crippen molar-refractivity contribution in [2.45, 2.75) is 12.5 Å². The highest BCUT2D eigenvalue weighted by Gasteiger charge is 2.16. The zero-order valence-electron chi connectivity index (χ0n) is 10.6. The highest BCUT2D eigenvalue weighted by atomic mass is 16.5. The Morgan fingerprint density at radius 2 is 2.50 bits per heavy atom. The number of carbonyl (C=O) groups excluding carboxylic acids is 1. The second kappa shape index (κ2) is 7.62. The molecule has 6 nitrogen and oxygen atoms in total. The second-order valence-electron chi connectivity index (χ2n) is 3.91. The highest BCUT2D eigenvalue weighted by Crippen LogP contribution is 2.07. The summed E-state index contributed by atoms with van der Waals surface area (Å²) in [5.74, 6) is -0.227. The maximum absolute atomic E-state index is 11.7. The van der Waals surface area contributed by atoms with E-state index in [9.17, 15) is 4.79 Å². The van der Waals surface area contributed by atoms with Crippen LogP contribution in [0.4, 0.5) is 0 Å². The summed E-state index contributed by atoms with van der Waals surface area (Å²) in [4.78, 5) is 11.7. The standard InChI is InChI=1S/C12H20N4O2/c1-3-4-6-18-7-5-14-12(17)11(13)10-8-15-16(2)9-10/h3,8-9,11H,1,4-7,13H2,2H3,(H,14,17). The Bertz CT molecular complexity index is 389. The fourth-order valence-corrected chi connectivity index (χ4v) is 1.38. The Morgan fingerprint density at radius 3 is 3.11 bits per heavy atom. The van der Waals surface area contributed by atoms with Gasteiger partial charge >= 0.3 is 0 Å². The van der Waals surface area contributed by atoms with Gasteiger partial charge in [-0.1, -0.05) is 6.08 Å². The Balaban J connectivity index is 2.22. The third-order valence-corrected chi connectivity index (χ3v) is 2.38. The molecule has 0 radical (unpaired) electrons. The normalized spacial score (nSPS) is 12.1. The summed E-state index contributed by atoms with van der Waals surface area (Å²) >= 11 is 0. The van der Waals surface area contributed by atoms with E-state index in [1.807, 2.05) is 0 Å². The van der Waals surface area contributed by atoms with Gasteiger partial charge in [-0.2, -0.15) is 5.10 Å². The van der Waals surface area contributed by atoms with Gasteiger partial charge in [0, 0.05) is 25.4 Å². The summed E-state index contributed by atoms with van der Waals surface area (Å²) in [5.41, 5.74) is 6.49. The lowest BCUT2D eigenvalue weighted by Crippen LogP contribution is -2.35. The molecule has 1 heterocycles. The number of nitrogens with two attached hydrogens (primary N) is 1. The number of carbonyl (C=O) groups is 1. The van der Waals surface area contributed by atoms with Gasteiger partial charge in [-0.15, -0.1) is 6.58 Å². The Hall–Kier alpha value is -1.66. The van der Waals surface area contributed by atoms with E-state index in [1.165, 1.54) is 0 Å². The predicted octanol–water partition coefficient (Wildman–Crippen LogP) is 0.129. The lowest BCUT2D eigenvalue weighted by atomic mass is 10.1. The van der Waals surface area contributed by atoms with Crippen LogP contribution in [-0.4, -0.2) is 35.4 Å². The van der Waals surface area contributed by atoms with Gasteiger partial charge in [-0.3, -0.25) is 9.48 Å². The van der Waals surface area contributed by atoms with E-state index in [1.54, 1.807) is 30.2 Å². The van der Waals surface area contributed by atoms with Crippen molar-refractivity contribution in [2.75, 3.05) is 19.8 Å². The molecule has 0 bridgehead atoms. The van der Waals surface area contributed by atoms with Crippen molar-refractivity contribution in [3.8, 4) is 0 Å². The molecule has 1 aromatic heterocycles. The molecule has 0 aromatic carbocycles. The van der Waals surface area contributed by atoms with E-state index in [4.69, 9.17) is 10.5 Å². The molecule has 0 fully saturated rings. The molecule has 1 rings (SSSR count). The van der Waals surface area contributed by atoms with Crippen LogP contribution in [0, 0.1) is 0 Å². The van der Waals surface area contributed by atoms with Gasteiger partial charge in [0.05, 0.1) is 19.4 Å². The van der Waals surface area contributed by atoms with Crippen molar-refractivity contribution in [1.82, 2.24) is 15.1 Å². The predicted molar refractivity (Wildman–Crippen MR) is 68.8 cm³/mol. The second-order valence-corrected chi connectivity index (χ2v) is 3.91. The van der Waals surface area contributed by atoms with Gasteiger partial charge in [-0.05, 0) is 6.42 Å². The molecule has 1 unspecified atom stereocenters. The fraction of sp³-hybridized carbons (Fsp3) is 0.500. The first kappa shape index (κ1) is 14.4. The number of aromatic nitrogens is 2. The molecule has 0 aliphatic carbocycles. The molecule has 1 atom stereocenters. The zero-order valence-corrected chi connectivity index (χ0v) is 10.6. The summed E-state index contributed by atoms with van der Waals surface area (Å²) in [6, 6.07) is -0.688. The van der Waals surface area contributed by atoms with Gasteiger partial charge < -0.3 is 15.8 Å². The third-order valence-electron chi connectivity index (χ3n) is 2.38. The lowest BCUT2D eigenvalue weighted by Gasteiger charge is -2.10. The number of hydrogen-bond acceptors (Lipinski definition) is 4. The zero-order chi connectivity index (χ0) is 13.4. The van der Waals surface area contributed by atoms with Gasteiger partial charge in [-0.25, -0.2) is 0 Å². The van der Waals surface area contributed by atoms with E-state index in [2.05, 4.69) is 17.0 Å². The minimum absolute atomic E-state index is 0.227. The van der Waals surface area contributed by atoms with Crippen LogP contribution < -0.4 is 11.1 Å². The molecule has 0 spiro atoms. The molecule has 0 aliphatic heterocycles. The van der Waals surface area contributed by atoms with Crippen LogP contribution in [0.5, 0.6) is 0 Å². The largest absolute Gasteiger partial charge is 0.379 e. The van der Waals surface area contributed by atoms with Crippen LogP contribution in [0.2, 0.25) is 0 Å². The lowest BCUT2D eigenvalue weighted by molar-refractivity contribution is -0.122. The van der Waals surface area contributed by atoms with Crippen molar-refractivity contribution in [3.63, 3.8) is 0 Å². The molecule has 100 valence electrons. The number of nitrogens with one attached hydrogen (secondary N) is 1. The van der Waals surface area contributed by atoms with Crippen molar-refractivity contribution >= 4 is 5.91 Å². The molecule has 0 saturated carbocycles. The molecule has 6 heteroatoms. The van der Waals surface area contributed by atoms with Gasteiger partial charge in [0.15, 0.2) is 0 Å². The minimum Gasteiger partial charge on any atom is -0.379 e. The van der Waals surface area contributed by atoms with E-state index in [-0.39, 0.29) is 5.91 Å². The van der Waals surface area contributed by atoms with E-state index in [0.29, 0.717) is 25.3 Å². The number of aryl methyl sites for hydroxylation is 1. The van der Waals surface area contributed by atoms with Crippen molar-refractivity contribution < 1.29 is 9.53 Å². The number of amides is 1. The van der Waals surface area contributed by atoms with Crippen molar-refractivity contribution in [3.05, 3.63) is 30.6 Å². The highest BCUT2D eigenvalue weighted by molar-refractivity contribution is 5.82. The molecular formula is C12H20N4O2. The average molecular weight is 252 g/mol. The summed E-state index contributed by atoms with van der Waals surface area (Å²) in [5, 5.41) is 6.69. The number of rotatable bonds is 8. The third kappa shape index (κ3) is 4.68. The summed E-state index contributed by atoms with van der Waals surface area (Å²) < 4.78 is 6.88. The van der Waals surface area contributed by atoms with E-state index >= 15 is 0 Å². The minimum atomic E-state index is -0.688. The van der Waals surface area contributed by atoms with Gasteiger partial charge in [0.1, 0.15) is 6.04 Å². The molecule has 3 N–H and O–H groups in total. The van der Waals surface area contributed by atoms with Crippen LogP contribution in [0.15, 0.2) is 25.0 Å². The quantitative estimate of drug-likeness (QED) is 0.509. The molecule has 0 aliphatic rings. The van der Waals surface area contributed by atoms with Crippen LogP contribution in [0.1, 0.15) is 18.0 Å². The first-order chi connectivity index (χ1) is 8.65. The van der Waals surface area contributed by atoms with Crippen molar-refractivity contribution in [2.24, 2.45) is 12.8 Å². The first-order valence-corrected chi connectivity index (χ1v) is 5.85. The monoisotopic (exact) mass is 252 g/mol. The molecular weight excluding hydrogens is 232 g/mol. The Labute approximate surface area is 107 Å². The maximum atomic E-state index is 11.7. The van der Waals surface area contributed by atoms with Crippen LogP contribution >= 0.6 is 0 Å². The summed E-state index contributed by atoms with van der Waals surface area (Å²) in [6.07, 6.45) is 5.91. The number of hydrogen-bond donors (Lipinski definition) is 2. The smallest absolute Gasteiger partial charge is 0.241 e. The molecule has 1 amide bonds. The van der Waals surface area contributed by atoms with Crippen LogP contribution in [0.3, 0.4) is 0 Å². The van der Waals surface area contributed by atoms with Crippen LogP contribution in [0.25, 0.3) is 0 Å². The first-order valence-electron chi connectivity index (χ1n) is 5.85. The SMILES string of the molecule is C=CCCOCCNC(=O)C(N)c1cnn(C)c1. The molecule has 0 saturated heterocycles. The molecule has 18 heavy (non-hydrogen) atoms. The number of nitrogens with zero attached hydrogens (tertiary/aromatic N) is 2. The van der Waals surface area contributed by atoms with Gasteiger partial charge in [0.25, 0.3) is 0 Å². The van der Waals surface area contributed by atoms with Crippen molar-refractivity contribution in [1.29, 1.82) is 0 Å². The summed E-state index contributed by atoms with van der Waals surface area (Å²) in [7, 11) is 1.78. The Morgan fingerprint density at radius 1 is 1.72 bits per heavy atom. The average Bonchev–Trinajstić information content (AvgIpc) is 2.79. The summed E-state index contributed by atoms with van der Waals surface area (Å²) in [6.45, 7) is 5.13. The molecule has 1 aromatic rings. The maximum Gasteiger partial charge on any atom is 0.241 e. The topological polar surface area (TPSA) is 82.2 Å². The Kier molecular flexibility index (Phi) is 6.10. The fourth-order valence-electron chi connectivity index (χ4n) is 1.38. The van der Waals surface area contributed by atoms with Gasteiger partial charge in [0.2, 0.25) is 5.91 Å². The van der Waals surface area contributed by atoms with Crippen LogP contribution in [-0.2, 0) is 16.6 Å². The van der Waals surface area contributed by atoms with E-state index in [0.717, 1.165) is 6.42 Å². The number of ether oxygens (including phenoxy) is 1.